The van der Waals surface area contributed by atoms with Gasteiger partial charge in [0.05, 0.1) is 24.1 Å². The zero-order chi connectivity index (χ0) is 15.2. The van der Waals surface area contributed by atoms with Crippen LogP contribution in [-0.4, -0.2) is 34.9 Å². The van der Waals surface area contributed by atoms with E-state index in [1.54, 1.807) is 23.8 Å². The number of amides is 1. The van der Waals surface area contributed by atoms with Crippen molar-refractivity contribution >= 4 is 28.6 Å². The Kier molecular flexibility index (Phi) is 5.35. The number of methoxy groups -OCH3 is 1. The van der Waals surface area contributed by atoms with Gasteiger partial charge in [-0.1, -0.05) is 23.9 Å². The van der Waals surface area contributed by atoms with E-state index in [0.29, 0.717) is 35.0 Å². The number of benzene rings is 1. The summed E-state index contributed by atoms with van der Waals surface area (Å²) in [6, 6.07) is 7.21. The fourth-order valence-corrected chi connectivity index (χ4v) is 2.86. The first-order valence-corrected chi connectivity index (χ1v) is 7.51. The third kappa shape index (κ3) is 3.83. The number of nitrogens with zero attached hydrogens (tertiary/aromatic N) is 2. The van der Waals surface area contributed by atoms with Crippen LogP contribution in [0.2, 0.25) is 0 Å². The molecule has 1 aromatic heterocycles. The van der Waals surface area contributed by atoms with Gasteiger partial charge in [0.15, 0.2) is 5.16 Å². The summed E-state index contributed by atoms with van der Waals surface area (Å²) < 4.78 is 6.62. The van der Waals surface area contributed by atoms with Crippen LogP contribution in [0.25, 0.3) is 10.9 Å². The van der Waals surface area contributed by atoms with E-state index in [-0.39, 0.29) is 17.9 Å². The van der Waals surface area contributed by atoms with Gasteiger partial charge in [0.2, 0.25) is 5.91 Å². The van der Waals surface area contributed by atoms with Gasteiger partial charge in [0.25, 0.3) is 5.56 Å². The quantitative estimate of drug-likeness (QED) is 0.609. The van der Waals surface area contributed by atoms with Crippen LogP contribution < -0.4 is 11.3 Å². The molecule has 1 heterocycles. The average molecular weight is 307 g/mol. The minimum Gasteiger partial charge on any atom is -0.383 e. The van der Waals surface area contributed by atoms with Gasteiger partial charge in [-0.15, -0.1) is 0 Å². The molecule has 0 aliphatic heterocycles. The van der Waals surface area contributed by atoms with E-state index in [0.717, 1.165) is 0 Å². The van der Waals surface area contributed by atoms with Gasteiger partial charge in [-0.3, -0.25) is 14.2 Å². The fourth-order valence-electron chi connectivity index (χ4n) is 1.88. The molecule has 6 nitrogen and oxygen atoms in total. The van der Waals surface area contributed by atoms with Crippen molar-refractivity contribution in [3.63, 3.8) is 0 Å². The predicted molar refractivity (Wildman–Crippen MR) is 82.4 cm³/mol. The summed E-state index contributed by atoms with van der Waals surface area (Å²) in [5, 5.41) is 1.16. The van der Waals surface area contributed by atoms with Crippen molar-refractivity contribution in [2.45, 2.75) is 18.1 Å². The Morgan fingerprint density at radius 1 is 1.43 bits per heavy atom. The average Bonchev–Trinajstić information content (AvgIpc) is 2.46. The predicted octanol–water partition coefficient (Wildman–Crippen LogP) is 1.01. The minimum absolute atomic E-state index is 0.0979. The van der Waals surface area contributed by atoms with Crippen LogP contribution >= 0.6 is 11.8 Å². The van der Waals surface area contributed by atoms with Gasteiger partial charge < -0.3 is 10.5 Å². The molecule has 1 amide bonds. The Morgan fingerprint density at radius 2 is 2.19 bits per heavy atom. The molecular formula is C14H17N3O3S. The molecule has 0 radical (unpaired) electrons. The van der Waals surface area contributed by atoms with Gasteiger partial charge in [-0.05, 0) is 12.1 Å². The highest BCUT2D eigenvalue weighted by molar-refractivity contribution is 7.99. The summed E-state index contributed by atoms with van der Waals surface area (Å²) in [6.45, 7) is 0.843. The molecule has 21 heavy (non-hydrogen) atoms. The monoisotopic (exact) mass is 307 g/mol. The molecule has 112 valence electrons. The molecule has 0 unspecified atom stereocenters. The largest absolute Gasteiger partial charge is 0.383 e. The maximum Gasteiger partial charge on any atom is 0.262 e. The van der Waals surface area contributed by atoms with Gasteiger partial charge in [0.1, 0.15) is 0 Å². The molecule has 1 aromatic carbocycles. The lowest BCUT2D eigenvalue weighted by Gasteiger charge is -2.12. The molecule has 0 atom stereocenters. The van der Waals surface area contributed by atoms with E-state index in [1.807, 2.05) is 12.1 Å². The number of carbonyl (C=O) groups excluding carboxylic acids is 1. The Labute approximate surface area is 126 Å². The van der Waals surface area contributed by atoms with Crippen LogP contribution in [0.15, 0.2) is 34.2 Å². The van der Waals surface area contributed by atoms with Crippen molar-refractivity contribution in [3.05, 3.63) is 34.6 Å². The molecule has 2 N–H and O–H groups in total. The van der Waals surface area contributed by atoms with Crippen LogP contribution in [0.4, 0.5) is 0 Å². The Morgan fingerprint density at radius 3 is 2.90 bits per heavy atom. The number of primary amides is 1. The Hall–Kier alpha value is -1.86. The minimum atomic E-state index is -0.367. The lowest BCUT2D eigenvalue weighted by molar-refractivity contribution is -0.117. The SMILES string of the molecule is COCCn1c(SCCC(N)=O)nc2ccccc2c1=O. The van der Waals surface area contributed by atoms with Gasteiger partial charge in [-0.2, -0.15) is 0 Å². The highest BCUT2D eigenvalue weighted by Crippen LogP contribution is 2.18. The van der Waals surface area contributed by atoms with Crippen LogP contribution in [0.5, 0.6) is 0 Å². The summed E-state index contributed by atoms with van der Waals surface area (Å²) in [5.74, 6) is 0.127. The third-order valence-electron chi connectivity index (χ3n) is 2.93. The highest BCUT2D eigenvalue weighted by Gasteiger charge is 2.11. The second-order valence-corrected chi connectivity index (χ2v) is 5.49. The third-order valence-corrected chi connectivity index (χ3v) is 3.90. The second-order valence-electron chi connectivity index (χ2n) is 4.43. The van der Waals surface area contributed by atoms with E-state index in [9.17, 15) is 9.59 Å². The summed E-state index contributed by atoms with van der Waals surface area (Å²) in [7, 11) is 1.58. The Bertz CT molecular complexity index is 699. The zero-order valence-electron chi connectivity index (χ0n) is 11.7. The molecule has 0 fully saturated rings. The number of hydrogen-bond acceptors (Lipinski definition) is 5. The maximum atomic E-state index is 12.5. The molecule has 0 spiro atoms. The summed E-state index contributed by atoms with van der Waals surface area (Å²) >= 11 is 1.35. The normalized spacial score (nSPS) is 10.9. The van der Waals surface area contributed by atoms with Crippen LogP contribution in [-0.2, 0) is 16.1 Å². The van der Waals surface area contributed by atoms with Crippen molar-refractivity contribution in [2.24, 2.45) is 5.73 Å². The standard InChI is InChI=1S/C14H17N3O3S/c1-20-8-7-17-13(19)10-4-2-3-5-11(10)16-14(17)21-9-6-12(15)18/h2-5H,6-9H2,1H3,(H2,15,18). The van der Waals surface area contributed by atoms with Crippen LogP contribution in [0.3, 0.4) is 0 Å². The lowest BCUT2D eigenvalue weighted by atomic mass is 10.2. The molecule has 0 saturated carbocycles. The number of thioether (sulfide) groups is 1. The molecule has 7 heteroatoms. The van der Waals surface area contributed by atoms with Gasteiger partial charge in [0, 0.05) is 19.3 Å². The second kappa shape index (κ2) is 7.24. The van der Waals surface area contributed by atoms with E-state index < -0.39 is 0 Å². The highest BCUT2D eigenvalue weighted by atomic mass is 32.2. The van der Waals surface area contributed by atoms with Crippen LogP contribution in [0, 0.1) is 0 Å². The van der Waals surface area contributed by atoms with Crippen LogP contribution in [0.1, 0.15) is 6.42 Å². The van der Waals surface area contributed by atoms with Crippen molar-refractivity contribution < 1.29 is 9.53 Å². The summed E-state index contributed by atoms with van der Waals surface area (Å²) in [5.41, 5.74) is 5.69. The lowest BCUT2D eigenvalue weighted by Crippen LogP contribution is -2.25. The van der Waals surface area contributed by atoms with E-state index in [1.165, 1.54) is 11.8 Å². The first kappa shape index (κ1) is 15.5. The maximum absolute atomic E-state index is 12.5. The summed E-state index contributed by atoms with van der Waals surface area (Å²) in [4.78, 5) is 27.8. The van der Waals surface area contributed by atoms with E-state index in [4.69, 9.17) is 10.5 Å². The number of rotatable bonds is 7. The number of ether oxygens (including phenoxy) is 1. The number of nitrogens with two attached hydrogens (primary N) is 1. The van der Waals surface area contributed by atoms with Crippen molar-refractivity contribution in [3.8, 4) is 0 Å². The van der Waals surface area contributed by atoms with Crippen molar-refractivity contribution in [2.75, 3.05) is 19.5 Å². The molecule has 2 rings (SSSR count). The Balaban J connectivity index is 2.39. The molecule has 0 aliphatic rings. The molecule has 0 bridgehead atoms. The zero-order valence-corrected chi connectivity index (χ0v) is 12.6. The smallest absolute Gasteiger partial charge is 0.262 e. The summed E-state index contributed by atoms with van der Waals surface area (Å²) in [6.07, 6.45) is 0.248. The first-order valence-electron chi connectivity index (χ1n) is 6.53. The van der Waals surface area contributed by atoms with Crippen molar-refractivity contribution in [1.82, 2.24) is 9.55 Å². The van der Waals surface area contributed by atoms with Gasteiger partial charge in [-0.25, -0.2) is 4.98 Å². The number of carbonyl (C=O) groups is 1. The first-order chi connectivity index (χ1) is 10.1. The number of hydrogen-bond donors (Lipinski definition) is 1. The van der Waals surface area contributed by atoms with Gasteiger partial charge >= 0.3 is 0 Å². The topological polar surface area (TPSA) is 87.2 Å². The number of aromatic nitrogens is 2. The molecule has 0 aliphatic carbocycles. The molecular weight excluding hydrogens is 290 g/mol. The van der Waals surface area contributed by atoms with E-state index >= 15 is 0 Å². The number of para-hydroxylation sites is 1. The van der Waals surface area contributed by atoms with Crippen molar-refractivity contribution in [1.29, 1.82) is 0 Å². The molecule has 0 saturated heterocycles. The molecule has 2 aromatic rings. The number of fused-ring (bicyclic) bond motifs is 1. The fraction of sp³-hybridized carbons (Fsp3) is 0.357. The van der Waals surface area contributed by atoms with E-state index in [2.05, 4.69) is 4.98 Å².